The fraction of sp³-hybridized carbons (Fsp3) is 0.846. The molecule has 0 aromatic carbocycles. The van der Waals surface area contributed by atoms with E-state index in [-0.39, 0.29) is 11.5 Å². The zero-order valence-corrected chi connectivity index (χ0v) is 11.5. The van der Waals surface area contributed by atoms with E-state index in [4.69, 9.17) is 0 Å². The first kappa shape index (κ1) is 11.5. The first-order valence-corrected chi connectivity index (χ1v) is 8.30. The molecule has 2 fully saturated rings. The smallest absolute Gasteiger partial charge is 0.0795 e. The third kappa shape index (κ3) is 1.67. The maximum atomic E-state index is 10.2. The van der Waals surface area contributed by atoms with Gasteiger partial charge in [-0.2, -0.15) is 0 Å². The van der Waals surface area contributed by atoms with E-state index in [9.17, 15) is 5.11 Å². The van der Waals surface area contributed by atoms with E-state index < -0.39 is 0 Å². The highest BCUT2D eigenvalue weighted by Gasteiger charge is 2.47. The molecule has 16 heavy (non-hydrogen) atoms. The number of hydrogen-bond donors (Lipinski definition) is 1. The van der Waals surface area contributed by atoms with Gasteiger partial charge in [-0.1, -0.05) is 18.6 Å². The normalized spacial score (nSPS) is 41.9. The van der Waals surface area contributed by atoms with Gasteiger partial charge in [0.1, 0.15) is 0 Å². The van der Waals surface area contributed by atoms with Crippen LogP contribution in [0.2, 0.25) is 0 Å². The summed E-state index contributed by atoms with van der Waals surface area (Å²) in [6.45, 7) is 2.28. The lowest BCUT2D eigenvalue weighted by Crippen LogP contribution is -2.42. The van der Waals surface area contributed by atoms with Crippen LogP contribution in [-0.4, -0.2) is 26.8 Å². The Morgan fingerprint density at radius 3 is 2.81 bits per heavy atom. The molecule has 0 aromatic heterocycles. The largest absolute Gasteiger partial charge is 0.392 e. The maximum Gasteiger partial charge on any atom is 0.0795 e. The summed E-state index contributed by atoms with van der Waals surface area (Å²) < 4.78 is 0.381. The van der Waals surface area contributed by atoms with Crippen molar-refractivity contribution in [2.24, 2.45) is 5.41 Å². The third-order valence-corrected chi connectivity index (χ3v) is 7.96. The monoisotopic (exact) mass is 256 g/mol. The van der Waals surface area contributed by atoms with Gasteiger partial charge in [-0.3, -0.25) is 0 Å². The minimum atomic E-state index is -0.0961. The predicted molar refractivity (Wildman–Crippen MR) is 72.9 cm³/mol. The number of hydrogen-bond acceptors (Lipinski definition) is 3. The van der Waals surface area contributed by atoms with Crippen LogP contribution in [-0.2, 0) is 0 Å². The van der Waals surface area contributed by atoms with Crippen LogP contribution in [0.5, 0.6) is 0 Å². The summed E-state index contributed by atoms with van der Waals surface area (Å²) in [6.07, 6.45) is 8.26. The molecule has 1 saturated heterocycles. The van der Waals surface area contributed by atoms with Gasteiger partial charge in [0.05, 0.1) is 10.2 Å². The Morgan fingerprint density at radius 1 is 1.31 bits per heavy atom. The number of aliphatic hydroxyl groups excluding tert-OH is 1. The molecule has 2 aliphatic carbocycles. The van der Waals surface area contributed by atoms with Gasteiger partial charge in [0, 0.05) is 16.9 Å². The van der Waals surface area contributed by atoms with Gasteiger partial charge in [-0.15, -0.1) is 23.5 Å². The fourth-order valence-electron chi connectivity index (χ4n) is 3.34. The van der Waals surface area contributed by atoms with Gasteiger partial charge in [-0.05, 0) is 32.1 Å². The average molecular weight is 256 g/mol. The predicted octanol–water partition coefficient (Wildman–Crippen LogP) is 3.43. The van der Waals surface area contributed by atoms with E-state index in [1.54, 1.807) is 5.57 Å². The highest BCUT2D eigenvalue weighted by atomic mass is 32.2. The van der Waals surface area contributed by atoms with Crippen LogP contribution < -0.4 is 0 Å². The number of fused-ring (bicyclic) bond motifs is 1. The molecule has 90 valence electrons. The topological polar surface area (TPSA) is 20.2 Å². The third-order valence-electron chi connectivity index (χ3n) is 4.56. The van der Waals surface area contributed by atoms with Crippen molar-refractivity contribution in [3.05, 3.63) is 11.6 Å². The van der Waals surface area contributed by atoms with E-state index >= 15 is 0 Å². The van der Waals surface area contributed by atoms with E-state index in [1.165, 1.54) is 37.2 Å². The van der Waals surface area contributed by atoms with Crippen molar-refractivity contribution < 1.29 is 5.11 Å². The molecule has 1 spiro atoms. The molecule has 0 unspecified atom stereocenters. The van der Waals surface area contributed by atoms with Crippen LogP contribution in [0.3, 0.4) is 0 Å². The Hall–Kier alpha value is 0.400. The molecule has 1 aliphatic heterocycles. The van der Waals surface area contributed by atoms with Crippen molar-refractivity contribution in [2.45, 2.75) is 49.2 Å². The molecule has 1 nitrogen and oxygen atoms in total. The van der Waals surface area contributed by atoms with Gasteiger partial charge >= 0.3 is 0 Å². The minimum absolute atomic E-state index is 0.0961. The van der Waals surface area contributed by atoms with Crippen LogP contribution >= 0.6 is 23.5 Å². The van der Waals surface area contributed by atoms with Crippen LogP contribution in [0, 0.1) is 5.41 Å². The number of thioether (sulfide) groups is 2. The summed E-state index contributed by atoms with van der Waals surface area (Å²) in [5.74, 6) is 2.60. The Bertz CT molecular complexity index is 320. The molecule has 0 amide bonds. The number of aliphatic hydroxyl groups is 1. The lowest BCUT2D eigenvalue weighted by atomic mass is 9.64. The summed E-state index contributed by atoms with van der Waals surface area (Å²) in [7, 11) is 0. The Kier molecular flexibility index (Phi) is 2.84. The van der Waals surface area contributed by atoms with Crippen molar-refractivity contribution in [1.29, 1.82) is 0 Å². The van der Waals surface area contributed by atoms with Gasteiger partial charge < -0.3 is 5.11 Å². The minimum Gasteiger partial charge on any atom is -0.392 e. The van der Waals surface area contributed by atoms with Crippen LogP contribution in [0.4, 0.5) is 0 Å². The molecule has 1 heterocycles. The molecule has 3 rings (SSSR count). The quantitative estimate of drug-likeness (QED) is 0.671. The molecule has 0 aromatic rings. The van der Waals surface area contributed by atoms with Crippen molar-refractivity contribution in [1.82, 2.24) is 0 Å². The second kappa shape index (κ2) is 3.96. The second-order valence-corrected chi connectivity index (χ2v) is 8.61. The summed E-state index contributed by atoms with van der Waals surface area (Å²) in [5.41, 5.74) is 1.66. The summed E-state index contributed by atoms with van der Waals surface area (Å²) in [5, 5.41) is 10.2. The SMILES string of the molecule is C[C@]12CCC3(C=C1CCC[C@@H]2O)SCCS3. The van der Waals surface area contributed by atoms with Crippen LogP contribution in [0.15, 0.2) is 11.6 Å². The molecule has 0 radical (unpaired) electrons. The van der Waals surface area contributed by atoms with E-state index in [1.807, 2.05) is 0 Å². The lowest BCUT2D eigenvalue weighted by molar-refractivity contribution is 0.0259. The lowest BCUT2D eigenvalue weighted by Gasteiger charge is -2.47. The summed E-state index contributed by atoms with van der Waals surface area (Å²) >= 11 is 4.25. The number of rotatable bonds is 0. The van der Waals surface area contributed by atoms with Crippen molar-refractivity contribution >= 4 is 23.5 Å². The molecule has 3 aliphatic rings. The van der Waals surface area contributed by atoms with Crippen LogP contribution in [0.1, 0.15) is 39.0 Å². The summed E-state index contributed by atoms with van der Waals surface area (Å²) in [4.78, 5) is 0. The first-order chi connectivity index (χ1) is 7.65. The Morgan fingerprint density at radius 2 is 2.06 bits per heavy atom. The zero-order chi connectivity index (χ0) is 11.2. The molecule has 1 saturated carbocycles. The Balaban J connectivity index is 1.93. The zero-order valence-electron chi connectivity index (χ0n) is 9.87. The Labute approximate surface area is 106 Å². The molecular formula is C13H20OS2. The van der Waals surface area contributed by atoms with Crippen molar-refractivity contribution in [3.8, 4) is 0 Å². The van der Waals surface area contributed by atoms with E-state index in [2.05, 4.69) is 36.5 Å². The van der Waals surface area contributed by atoms with Crippen molar-refractivity contribution in [2.75, 3.05) is 11.5 Å². The standard InChI is InChI=1S/C13H20OS2/c1-12-5-6-13(15-7-8-16-13)9-10(12)3-2-4-11(12)14/h9,11,14H,2-8H2,1H3/t11-,12-/m0/s1. The van der Waals surface area contributed by atoms with Gasteiger partial charge in [-0.25, -0.2) is 0 Å². The molecule has 1 N–H and O–H groups in total. The molecule has 3 heteroatoms. The molecular weight excluding hydrogens is 236 g/mol. The molecule has 2 atom stereocenters. The van der Waals surface area contributed by atoms with Gasteiger partial charge in [0.25, 0.3) is 0 Å². The van der Waals surface area contributed by atoms with Gasteiger partial charge in [0.15, 0.2) is 0 Å². The average Bonchev–Trinajstić information content (AvgIpc) is 2.71. The maximum absolute atomic E-state index is 10.2. The fourth-order valence-corrected chi connectivity index (χ4v) is 6.47. The van der Waals surface area contributed by atoms with E-state index in [0.29, 0.717) is 4.08 Å². The highest BCUT2D eigenvalue weighted by molar-refractivity contribution is 8.21. The van der Waals surface area contributed by atoms with Gasteiger partial charge in [0.2, 0.25) is 0 Å². The second-order valence-electron chi connectivity index (χ2n) is 5.50. The van der Waals surface area contributed by atoms with E-state index in [0.717, 1.165) is 6.42 Å². The molecule has 0 bridgehead atoms. The van der Waals surface area contributed by atoms with Crippen LogP contribution in [0.25, 0.3) is 0 Å². The summed E-state index contributed by atoms with van der Waals surface area (Å²) in [6, 6.07) is 0. The van der Waals surface area contributed by atoms with Crippen molar-refractivity contribution in [3.63, 3.8) is 0 Å². The first-order valence-electron chi connectivity index (χ1n) is 6.33. The highest BCUT2D eigenvalue weighted by Crippen LogP contribution is 2.58.